The Morgan fingerprint density at radius 1 is 1.26 bits per heavy atom. The number of carboxylic acid groups (broad SMARTS) is 1. The summed E-state index contributed by atoms with van der Waals surface area (Å²) in [6, 6.07) is 6.98. The average molecular weight is 373 g/mol. The summed E-state index contributed by atoms with van der Waals surface area (Å²) in [6.45, 7) is 1.04. The number of carboxylic acids is 1. The van der Waals surface area contributed by atoms with Crippen LogP contribution < -0.4 is 9.47 Å². The summed E-state index contributed by atoms with van der Waals surface area (Å²) < 4.78 is 11.9. The van der Waals surface area contributed by atoms with Crippen molar-refractivity contribution in [3.05, 3.63) is 41.7 Å². The fourth-order valence-electron chi connectivity index (χ4n) is 3.37. The van der Waals surface area contributed by atoms with Crippen molar-refractivity contribution in [1.29, 1.82) is 0 Å². The standard InChI is InChI=1S/C19H23N3O5/c1-26-14-5-6-15(17(10-14)27-2)19(25)21-8-3-4-13(11-21)16-7-9-22(20-16)12-18(23)24/h5-7,9-10,13H,3-4,8,11-12H2,1-2H3,(H,23,24). The van der Waals surface area contributed by atoms with E-state index in [0.29, 0.717) is 30.2 Å². The molecule has 2 aromatic rings. The van der Waals surface area contributed by atoms with Gasteiger partial charge in [-0.1, -0.05) is 0 Å². The fourth-order valence-corrected chi connectivity index (χ4v) is 3.37. The van der Waals surface area contributed by atoms with Gasteiger partial charge in [0.1, 0.15) is 18.0 Å². The third-order valence-electron chi connectivity index (χ3n) is 4.72. The van der Waals surface area contributed by atoms with Gasteiger partial charge in [-0.2, -0.15) is 5.10 Å². The molecule has 1 aliphatic rings. The first-order valence-electron chi connectivity index (χ1n) is 8.78. The summed E-state index contributed by atoms with van der Waals surface area (Å²) in [5, 5.41) is 13.2. The number of carbonyl (C=O) groups is 2. The molecule has 0 bridgehead atoms. The maximum Gasteiger partial charge on any atom is 0.325 e. The van der Waals surface area contributed by atoms with Crippen molar-refractivity contribution >= 4 is 11.9 Å². The average Bonchev–Trinajstić information content (AvgIpc) is 3.14. The van der Waals surface area contributed by atoms with Crippen LogP contribution in [-0.4, -0.2) is 59.0 Å². The summed E-state index contributed by atoms with van der Waals surface area (Å²) in [4.78, 5) is 25.6. The Bertz CT molecular complexity index is 833. The van der Waals surface area contributed by atoms with Gasteiger partial charge in [-0.3, -0.25) is 14.3 Å². The largest absolute Gasteiger partial charge is 0.497 e. The van der Waals surface area contributed by atoms with Crippen LogP contribution in [0.15, 0.2) is 30.5 Å². The fraction of sp³-hybridized carbons (Fsp3) is 0.421. The number of carbonyl (C=O) groups excluding carboxylic acids is 1. The number of aromatic nitrogens is 2. The molecule has 0 saturated carbocycles. The highest BCUT2D eigenvalue weighted by Crippen LogP contribution is 2.30. The van der Waals surface area contributed by atoms with Crippen LogP contribution in [0.4, 0.5) is 0 Å². The topological polar surface area (TPSA) is 93.9 Å². The van der Waals surface area contributed by atoms with E-state index >= 15 is 0 Å². The number of amides is 1. The molecule has 0 spiro atoms. The third-order valence-corrected chi connectivity index (χ3v) is 4.72. The summed E-state index contributed by atoms with van der Waals surface area (Å²) >= 11 is 0. The van der Waals surface area contributed by atoms with Gasteiger partial charge < -0.3 is 19.5 Å². The Hall–Kier alpha value is -3.03. The van der Waals surface area contributed by atoms with Gasteiger partial charge in [0.25, 0.3) is 5.91 Å². The van der Waals surface area contributed by atoms with Gasteiger partial charge in [0.05, 0.1) is 25.5 Å². The van der Waals surface area contributed by atoms with Crippen molar-refractivity contribution in [1.82, 2.24) is 14.7 Å². The Balaban J connectivity index is 1.75. The number of hydrogen-bond acceptors (Lipinski definition) is 5. The molecule has 8 nitrogen and oxygen atoms in total. The zero-order valence-electron chi connectivity index (χ0n) is 15.4. The van der Waals surface area contributed by atoms with Gasteiger partial charge in [0, 0.05) is 31.3 Å². The first-order chi connectivity index (χ1) is 13.0. The van der Waals surface area contributed by atoms with Crippen molar-refractivity contribution in [2.24, 2.45) is 0 Å². The Morgan fingerprint density at radius 2 is 2.07 bits per heavy atom. The number of piperidine rings is 1. The monoisotopic (exact) mass is 373 g/mol. The van der Waals surface area contributed by atoms with E-state index in [2.05, 4.69) is 5.10 Å². The van der Waals surface area contributed by atoms with Crippen LogP contribution in [-0.2, 0) is 11.3 Å². The van der Waals surface area contributed by atoms with Gasteiger partial charge in [0.2, 0.25) is 0 Å². The van der Waals surface area contributed by atoms with Gasteiger partial charge in [-0.25, -0.2) is 0 Å². The zero-order valence-corrected chi connectivity index (χ0v) is 15.4. The molecule has 1 aromatic carbocycles. The van der Waals surface area contributed by atoms with Crippen molar-refractivity contribution < 1.29 is 24.2 Å². The molecule has 1 aromatic heterocycles. The summed E-state index contributed by atoms with van der Waals surface area (Å²) in [6.07, 6.45) is 3.44. The lowest BCUT2D eigenvalue weighted by molar-refractivity contribution is -0.137. The van der Waals surface area contributed by atoms with Crippen molar-refractivity contribution in [2.75, 3.05) is 27.3 Å². The lowest BCUT2D eigenvalue weighted by Crippen LogP contribution is -2.39. The molecule has 1 saturated heterocycles. The highest BCUT2D eigenvalue weighted by Gasteiger charge is 2.28. The van der Waals surface area contributed by atoms with Gasteiger partial charge in [-0.05, 0) is 31.0 Å². The van der Waals surface area contributed by atoms with E-state index in [1.165, 1.54) is 11.8 Å². The van der Waals surface area contributed by atoms with E-state index in [9.17, 15) is 9.59 Å². The lowest BCUT2D eigenvalue weighted by atomic mass is 9.94. The molecule has 8 heteroatoms. The van der Waals surface area contributed by atoms with Crippen LogP contribution in [0, 0.1) is 0 Å². The maximum absolute atomic E-state index is 13.0. The minimum Gasteiger partial charge on any atom is -0.497 e. The second-order valence-electron chi connectivity index (χ2n) is 6.49. The van der Waals surface area contributed by atoms with Crippen LogP contribution in [0.5, 0.6) is 11.5 Å². The van der Waals surface area contributed by atoms with Crippen LogP contribution in [0.2, 0.25) is 0 Å². The molecule has 1 aliphatic heterocycles. The Labute approximate surface area is 157 Å². The number of benzene rings is 1. The second-order valence-corrected chi connectivity index (χ2v) is 6.49. The molecule has 1 amide bonds. The first kappa shape index (κ1) is 18.8. The number of methoxy groups -OCH3 is 2. The van der Waals surface area contributed by atoms with Crippen LogP contribution in [0.3, 0.4) is 0 Å². The number of rotatable bonds is 6. The molecular formula is C19H23N3O5. The Kier molecular flexibility index (Phi) is 5.63. The quantitative estimate of drug-likeness (QED) is 0.832. The second kappa shape index (κ2) is 8.11. The maximum atomic E-state index is 13.0. The predicted molar refractivity (Wildman–Crippen MR) is 97.3 cm³/mol. The summed E-state index contributed by atoms with van der Waals surface area (Å²) in [5.41, 5.74) is 1.31. The van der Waals surface area contributed by atoms with Crippen molar-refractivity contribution in [2.45, 2.75) is 25.3 Å². The number of likely N-dealkylation sites (tertiary alicyclic amines) is 1. The van der Waals surface area contributed by atoms with E-state index in [-0.39, 0.29) is 18.4 Å². The molecule has 0 radical (unpaired) electrons. The van der Waals surface area contributed by atoms with Crippen LogP contribution in [0.25, 0.3) is 0 Å². The van der Waals surface area contributed by atoms with E-state index in [0.717, 1.165) is 18.5 Å². The van der Waals surface area contributed by atoms with E-state index in [1.54, 1.807) is 36.4 Å². The minimum atomic E-state index is -0.934. The van der Waals surface area contributed by atoms with Crippen molar-refractivity contribution in [3.63, 3.8) is 0 Å². The molecule has 1 N–H and O–H groups in total. The molecule has 3 rings (SSSR count). The predicted octanol–water partition coefficient (Wildman–Crippen LogP) is 2.00. The molecule has 1 atom stereocenters. The SMILES string of the molecule is COc1ccc(C(=O)N2CCCC(c3ccn(CC(=O)O)n3)C2)c(OC)c1. The van der Waals surface area contributed by atoms with E-state index in [1.807, 2.05) is 6.07 Å². The lowest BCUT2D eigenvalue weighted by Gasteiger charge is -2.32. The third kappa shape index (κ3) is 4.21. The van der Waals surface area contributed by atoms with E-state index in [4.69, 9.17) is 14.6 Å². The number of nitrogens with zero attached hydrogens (tertiary/aromatic N) is 3. The summed E-state index contributed by atoms with van der Waals surface area (Å²) in [5.74, 6) is 0.166. The van der Waals surface area contributed by atoms with Crippen molar-refractivity contribution in [3.8, 4) is 11.5 Å². The van der Waals surface area contributed by atoms with Crippen LogP contribution in [0.1, 0.15) is 34.8 Å². The molecular weight excluding hydrogens is 350 g/mol. The molecule has 27 heavy (non-hydrogen) atoms. The molecule has 1 unspecified atom stereocenters. The Morgan fingerprint density at radius 3 is 2.78 bits per heavy atom. The summed E-state index contributed by atoms with van der Waals surface area (Å²) in [7, 11) is 3.09. The highest BCUT2D eigenvalue weighted by atomic mass is 16.5. The molecule has 1 fully saturated rings. The van der Waals surface area contributed by atoms with Gasteiger partial charge in [-0.15, -0.1) is 0 Å². The number of aliphatic carboxylic acids is 1. The minimum absolute atomic E-state index is 0.0852. The van der Waals surface area contributed by atoms with Gasteiger partial charge in [0.15, 0.2) is 0 Å². The van der Waals surface area contributed by atoms with Crippen LogP contribution >= 0.6 is 0 Å². The van der Waals surface area contributed by atoms with Gasteiger partial charge >= 0.3 is 5.97 Å². The highest BCUT2D eigenvalue weighted by molar-refractivity contribution is 5.97. The zero-order chi connectivity index (χ0) is 19.4. The first-order valence-corrected chi connectivity index (χ1v) is 8.78. The smallest absolute Gasteiger partial charge is 0.325 e. The molecule has 144 valence electrons. The number of hydrogen-bond donors (Lipinski definition) is 1. The normalized spacial score (nSPS) is 16.8. The van der Waals surface area contributed by atoms with E-state index < -0.39 is 5.97 Å². The molecule has 2 heterocycles. The number of ether oxygens (including phenoxy) is 2. The molecule has 0 aliphatic carbocycles.